The fourth-order valence-electron chi connectivity index (χ4n) is 2.19. The number of benzene rings is 2. The molecule has 3 heteroatoms. The van der Waals surface area contributed by atoms with Crippen LogP contribution in [0.1, 0.15) is 31.0 Å². The van der Waals surface area contributed by atoms with Crippen LogP contribution in [0.2, 0.25) is 0 Å². The lowest BCUT2D eigenvalue weighted by molar-refractivity contribution is 0.335. The average molecular weight is 334 g/mol. The van der Waals surface area contributed by atoms with Crippen LogP contribution in [-0.2, 0) is 0 Å². The van der Waals surface area contributed by atoms with E-state index in [2.05, 4.69) is 59.4 Å². The molecule has 0 aliphatic carbocycles. The maximum atomic E-state index is 5.70. The second kappa shape index (κ2) is 6.80. The number of aryl methyl sites for hydroxylation is 1. The molecule has 20 heavy (non-hydrogen) atoms. The molecule has 1 atom stereocenters. The number of anilines is 1. The zero-order valence-corrected chi connectivity index (χ0v) is 13.7. The molecular weight excluding hydrogens is 314 g/mol. The highest BCUT2D eigenvalue weighted by Gasteiger charge is 2.12. The Balaban J connectivity index is 2.23. The van der Waals surface area contributed by atoms with Crippen LogP contribution in [0.15, 0.2) is 46.9 Å². The highest BCUT2D eigenvalue weighted by Crippen LogP contribution is 2.31. The summed E-state index contributed by atoms with van der Waals surface area (Å²) >= 11 is 3.59. The van der Waals surface area contributed by atoms with Gasteiger partial charge in [-0.3, -0.25) is 0 Å². The van der Waals surface area contributed by atoms with Gasteiger partial charge >= 0.3 is 0 Å². The van der Waals surface area contributed by atoms with Crippen molar-refractivity contribution in [3.8, 4) is 5.75 Å². The van der Waals surface area contributed by atoms with E-state index in [0.29, 0.717) is 6.61 Å². The number of ether oxygens (including phenoxy) is 1. The third-order valence-corrected chi connectivity index (χ3v) is 3.87. The van der Waals surface area contributed by atoms with Crippen LogP contribution in [0, 0.1) is 6.92 Å². The minimum Gasteiger partial charge on any atom is -0.494 e. The minimum atomic E-state index is 0.177. The molecule has 1 N–H and O–H groups in total. The fraction of sp³-hybridized carbons (Fsp3) is 0.294. The first-order chi connectivity index (χ1) is 9.61. The van der Waals surface area contributed by atoms with Crippen molar-refractivity contribution >= 4 is 21.6 Å². The van der Waals surface area contributed by atoms with Crippen molar-refractivity contribution in [1.29, 1.82) is 0 Å². The summed E-state index contributed by atoms with van der Waals surface area (Å²) in [6, 6.07) is 14.6. The van der Waals surface area contributed by atoms with Gasteiger partial charge in [-0.05, 0) is 60.5 Å². The number of hydrogen-bond acceptors (Lipinski definition) is 2. The van der Waals surface area contributed by atoms with Gasteiger partial charge in [-0.1, -0.05) is 24.3 Å². The van der Waals surface area contributed by atoms with Gasteiger partial charge in [-0.15, -0.1) is 0 Å². The monoisotopic (exact) mass is 333 g/mol. The highest BCUT2D eigenvalue weighted by atomic mass is 79.9. The molecule has 0 radical (unpaired) electrons. The average Bonchev–Trinajstić information content (AvgIpc) is 2.44. The lowest BCUT2D eigenvalue weighted by atomic mass is 10.1. The Kier molecular flexibility index (Phi) is 5.07. The van der Waals surface area contributed by atoms with Gasteiger partial charge < -0.3 is 10.1 Å². The molecule has 0 saturated heterocycles. The topological polar surface area (TPSA) is 21.3 Å². The van der Waals surface area contributed by atoms with E-state index in [-0.39, 0.29) is 6.04 Å². The summed E-state index contributed by atoms with van der Waals surface area (Å²) in [6.45, 7) is 6.92. The van der Waals surface area contributed by atoms with Gasteiger partial charge in [0.1, 0.15) is 5.75 Å². The Morgan fingerprint density at radius 1 is 1.20 bits per heavy atom. The predicted octanol–water partition coefficient (Wildman–Crippen LogP) is 5.33. The Bertz CT molecular complexity index is 583. The van der Waals surface area contributed by atoms with Gasteiger partial charge in [0.05, 0.1) is 12.6 Å². The van der Waals surface area contributed by atoms with Crippen LogP contribution in [0.5, 0.6) is 5.75 Å². The zero-order chi connectivity index (χ0) is 14.5. The first kappa shape index (κ1) is 14.9. The number of nitrogens with one attached hydrogen (secondary N) is 1. The van der Waals surface area contributed by atoms with E-state index < -0.39 is 0 Å². The molecule has 2 nitrogen and oxygen atoms in total. The van der Waals surface area contributed by atoms with Crippen molar-refractivity contribution in [2.75, 3.05) is 11.9 Å². The summed E-state index contributed by atoms with van der Waals surface area (Å²) in [5.74, 6) is 0.943. The van der Waals surface area contributed by atoms with Crippen molar-refractivity contribution in [1.82, 2.24) is 0 Å². The quantitative estimate of drug-likeness (QED) is 0.798. The number of rotatable bonds is 5. The molecule has 0 aliphatic rings. The van der Waals surface area contributed by atoms with E-state index in [4.69, 9.17) is 4.74 Å². The van der Waals surface area contributed by atoms with Gasteiger partial charge in [0.25, 0.3) is 0 Å². The first-order valence-corrected chi connectivity index (χ1v) is 7.65. The molecule has 0 saturated carbocycles. The highest BCUT2D eigenvalue weighted by molar-refractivity contribution is 9.10. The smallest absolute Gasteiger partial charge is 0.124 e. The maximum absolute atomic E-state index is 5.70. The van der Waals surface area contributed by atoms with Gasteiger partial charge in [0, 0.05) is 15.7 Å². The molecule has 2 rings (SSSR count). The third-order valence-electron chi connectivity index (χ3n) is 3.18. The summed E-state index contributed by atoms with van der Waals surface area (Å²) in [6.07, 6.45) is 0. The van der Waals surface area contributed by atoms with E-state index >= 15 is 0 Å². The van der Waals surface area contributed by atoms with Crippen molar-refractivity contribution in [2.24, 2.45) is 0 Å². The number of para-hydroxylation sites is 1. The molecule has 2 aromatic rings. The normalized spacial score (nSPS) is 12.0. The standard InChI is InChI=1S/C17H20BrNO/c1-4-20-17-8-6-5-7-14(17)13(3)19-16-11-12(2)9-10-15(16)18/h5-11,13,19H,4H2,1-3H3. The lowest BCUT2D eigenvalue weighted by Crippen LogP contribution is -2.09. The Labute approximate surface area is 129 Å². The molecule has 0 bridgehead atoms. The van der Waals surface area contributed by atoms with Gasteiger partial charge in [-0.25, -0.2) is 0 Å². The van der Waals surface area contributed by atoms with E-state index in [1.165, 1.54) is 11.1 Å². The Morgan fingerprint density at radius 3 is 2.70 bits per heavy atom. The third kappa shape index (κ3) is 3.54. The SMILES string of the molecule is CCOc1ccccc1C(C)Nc1cc(C)ccc1Br. The number of hydrogen-bond donors (Lipinski definition) is 1. The summed E-state index contributed by atoms with van der Waals surface area (Å²) in [5.41, 5.74) is 3.51. The van der Waals surface area contributed by atoms with Gasteiger partial charge in [0.2, 0.25) is 0 Å². The maximum Gasteiger partial charge on any atom is 0.124 e. The minimum absolute atomic E-state index is 0.177. The molecule has 2 aromatic carbocycles. The summed E-state index contributed by atoms with van der Waals surface area (Å²) in [4.78, 5) is 0. The van der Waals surface area contributed by atoms with Crippen molar-refractivity contribution in [3.05, 3.63) is 58.1 Å². The van der Waals surface area contributed by atoms with Crippen LogP contribution in [0.25, 0.3) is 0 Å². The molecule has 106 valence electrons. The van der Waals surface area contributed by atoms with Gasteiger partial charge in [0.15, 0.2) is 0 Å². The molecule has 0 spiro atoms. The van der Waals surface area contributed by atoms with Crippen LogP contribution in [0.3, 0.4) is 0 Å². The fourth-order valence-corrected chi connectivity index (χ4v) is 2.55. The van der Waals surface area contributed by atoms with E-state index in [0.717, 1.165) is 15.9 Å². The van der Waals surface area contributed by atoms with Crippen molar-refractivity contribution in [2.45, 2.75) is 26.8 Å². The van der Waals surface area contributed by atoms with Gasteiger partial charge in [-0.2, -0.15) is 0 Å². The summed E-state index contributed by atoms with van der Waals surface area (Å²) < 4.78 is 6.77. The molecule has 0 aliphatic heterocycles. The molecule has 0 heterocycles. The van der Waals surface area contributed by atoms with Crippen LogP contribution in [-0.4, -0.2) is 6.61 Å². The Morgan fingerprint density at radius 2 is 1.95 bits per heavy atom. The van der Waals surface area contributed by atoms with Crippen molar-refractivity contribution in [3.63, 3.8) is 0 Å². The lowest BCUT2D eigenvalue weighted by Gasteiger charge is -2.20. The molecule has 0 amide bonds. The number of halogens is 1. The van der Waals surface area contributed by atoms with Crippen molar-refractivity contribution < 1.29 is 4.74 Å². The second-order valence-electron chi connectivity index (χ2n) is 4.82. The molecule has 0 fully saturated rings. The summed E-state index contributed by atoms with van der Waals surface area (Å²) in [5, 5.41) is 3.54. The molecule has 0 aromatic heterocycles. The van der Waals surface area contributed by atoms with Crippen LogP contribution >= 0.6 is 15.9 Å². The Hall–Kier alpha value is -1.48. The second-order valence-corrected chi connectivity index (χ2v) is 5.67. The van der Waals surface area contributed by atoms with Crippen LogP contribution < -0.4 is 10.1 Å². The molecular formula is C17H20BrNO. The van der Waals surface area contributed by atoms with E-state index in [9.17, 15) is 0 Å². The largest absolute Gasteiger partial charge is 0.494 e. The summed E-state index contributed by atoms with van der Waals surface area (Å²) in [7, 11) is 0. The molecule has 1 unspecified atom stereocenters. The van der Waals surface area contributed by atoms with E-state index in [1.54, 1.807) is 0 Å². The zero-order valence-electron chi connectivity index (χ0n) is 12.1. The van der Waals surface area contributed by atoms with E-state index in [1.807, 2.05) is 25.1 Å². The first-order valence-electron chi connectivity index (χ1n) is 6.86. The predicted molar refractivity (Wildman–Crippen MR) is 88.5 cm³/mol. The van der Waals surface area contributed by atoms with Crippen LogP contribution in [0.4, 0.5) is 5.69 Å².